The second kappa shape index (κ2) is 7.10. The summed E-state index contributed by atoms with van der Waals surface area (Å²) in [5.74, 6) is -1.89. The summed E-state index contributed by atoms with van der Waals surface area (Å²) < 4.78 is 0. The lowest BCUT2D eigenvalue weighted by atomic mass is 9.97. The Kier molecular flexibility index (Phi) is 5.16. The Morgan fingerprint density at radius 1 is 1.04 bits per heavy atom. The maximum absolute atomic E-state index is 12.2. The highest BCUT2D eigenvalue weighted by atomic mass is 16.4. The molecule has 0 atom stereocenters. The third-order valence-electron chi connectivity index (χ3n) is 3.27. The molecule has 5 nitrogen and oxygen atoms in total. The SMILES string of the molecule is CC(C)N.O=C(O)C1=C(c2ccccc2)c2ccc(O)cc2C1=O. The average molecular weight is 325 g/mol. The number of hydrogen-bond acceptors (Lipinski definition) is 4. The molecule has 0 aliphatic heterocycles. The van der Waals surface area contributed by atoms with Gasteiger partial charge in [0.05, 0.1) is 0 Å². The minimum Gasteiger partial charge on any atom is -0.508 e. The molecule has 2 aromatic rings. The molecule has 1 aliphatic rings. The number of carbonyl (C=O) groups is 2. The van der Waals surface area contributed by atoms with Crippen LogP contribution in [0.3, 0.4) is 0 Å². The number of phenols is 1. The van der Waals surface area contributed by atoms with E-state index in [0.717, 1.165) is 0 Å². The number of rotatable bonds is 2. The fourth-order valence-electron chi connectivity index (χ4n) is 2.43. The first-order valence-corrected chi connectivity index (χ1v) is 7.49. The number of hydrogen-bond donors (Lipinski definition) is 3. The summed E-state index contributed by atoms with van der Waals surface area (Å²) in [5.41, 5.74) is 6.69. The first kappa shape index (κ1) is 17.4. The zero-order valence-corrected chi connectivity index (χ0v) is 13.5. The van der Waals surface area contributed by atoms with Gasteiger partial charge in [-0.2, -0.15) is 0 Å². The van der Waals surface area contributed by atoms with Crippen LogP contribution in [0.2, 0.25) is 0 Å². The van der Waals surface area contributed by atoms with E-state index in [4.69, 9.17) is 5.73 Å². The summed E-state index contributed by atoms with van der Waals surface area (Å²) in [6.07, 6.45) is 0. The van der Waals surface area contributed by atoms with Crippen LogP contribution in [0.25, 0.3) is 5.57 Å². The number of phenolic OH excluding ortho intramolecular Hbond substituents is 1. The number of aromatic hydroxyl groups is 1. The molecular formula is C19H19NO4. The molecule has 0 radical (unpaired) electrons. The first-order valence-electron chi connectivity index (χ1n) is 7.49. The lowest BCUT2D eigenvalue weighted by molar-refractivity contribution is -0.132. The highest BCUT2D eigenvalue weighted by molar-refractivity contribution is 6.34. The second-order valence-electron chi connectivity index (χ2n) is 5.72. The van der Waals surface area contributed by atoms with Crippen molar-refractivity contribution in [3.05, 3.63) is 70.8 Å². The minimum absolute atomic E-state index is 0.0591. The molecule has 0 fully saturated rings. The third kappa shape index (κ3) is 3.52. The number of ketones is 1. The lowest BCUT2D eigenvalue weighted by Gasteiger charge is -2.06. The molecule has 3 rings (SSSR count). The summed E-state index contributed by atoms with van der Waals surface area (Å²) >= 11 is 0. The fourth-order valence-corrected chi connectivity index (χ4v) is 2.43. The largest absolute Gasteiger partial charge is 0.508 e. The van der Waals surface area contributed by atoms with Crippen molar-refractivity contribution >= 4 is 17.3 Å². The molecule has 0 saturated heterocycles. The molecule has 0 unspecified atom stereocenters. The van der Waals surface area contributed by atoms with Gasteiger partial charge in [-0.15, -0.1) is 0 Å². The maximum Gasteiger partial charge on any atom is 0.340 e. The number of carboxylic acid groups (broad SMARTS) is 1. The summed E-state index contributed by atoms with van der Waals surface area (Å²) in [5, 5.41) is 18.8. The van der Waals surface area contributed by atoms with Crippen LogP contribution in [0, 0.1) is 0 Å². The van der Waals surface area contributed by atoms with Crippen molar-refractivity contribution in [2.45, 2.75) is 19.9 Å². The van der Waals surface area contributed by atoms with Gasteiger partial charge in [-0.1, -0.05) is 44.2 Å². The van der Waals surface area contributed by atoms with Gasteiger partial charge in [-0.05, 0) is 35.4 Å². The topological polar surface area (TPSA) is 101 Å². The van der Waals surface area contributed by atoms with Gasteiger partial charge in [-0.25, -0.2) is 4.79 Å². The average Bonchev–Trinajstić information content (AvgIpc) is 2.80. The first-order chi connectivity index (χ1) is 11.3. The molecule has 24 heavy (non-hydrogen) atoms. The van der Waals surface area contributed by atoms with Crippen molar-refractivity contribution in [1.82, 2.24) is 0 Å². The van der Waals surface area contributed by atoms with Crippen molar-refractivity contribution in [3.8, 4) is 5.75 Å². The molecule has 0 spiro atoms. The lowest BCUT2D eigenvalue weighted by Crippen LogP contribution is -2.09. The monoisotopic (exact) mass is 325 g/mol. The number of aliphatic carboxylic acids is 1. The van der Waals surface area contributed by atoms with E-state index in [0.29, 0.717) is 22.7 Å². The zero-order valence-electron chi connectivity index (χ0n) is 13.5. The quantitative estimate of drug-likeness (QED) is 0.737. The molecule has 5 heteroatoms. The number of carboxylic acids is 1. The molecule has 4 N–H and O–H groups in total. The van der Waals surface area contributed by atoms with Crippen LogP contribution in [0.1, 0.15) is 35.3 Å². The van der Waals surface area contributed by atoms with Crippen molar-refractivity contribution in [2.24, 2.45) is 5.73 Å². The van der Waals surface area contributed by atoms with Gasteiger partial charge in [-0.3, -0.25) is 4.79 Å². The molecule has 124 valence electrons. The molecule has 0 bridgehead atoms. The fraction of sp³-hybridized carbons (Fsp3) is 0.158. The summed E-state index contributed by atoms with van der Waals surface area (Å²) in [6.45, 7) is 3.89. The number of Topliss-reactive ketones (excluding diaryl/α,β-unsaturated/α-hetero) is 1. The van der Waals surface area contributed by atoms with Crippen molar-refractivity contribution in [1.29, 1.82) is 0 Å². The molecular weight excluding hydrogens is 306 g/mol. The predicted molar refractivity (Wildman–Crippen MR) is 91.9 cm³/mol. The van der Waals surface area contributed by atoms with Crippen LogP contribution in [-0.2, 0) is 4.79 Å². The number of fused-ring (bicyclic) bond motifs is 1. The molecule has 0 saturated carbocycles. The van der Waals surface area contributed by atoms with Crippen LogP contribution in [-0.4, -0.2) is 28.0 Å². The highest BCUT2D eigenvalue weighted by Gasteiger charge is 2.34. The third-order valence-corrected chi connectivity index (χ3v) is 3.27. The van der Waals surface area contributed by atoms with Gasteiger partial charge in [0.2, 0.25) is 5.78 Å². The van der Waals surface area contributed by atoms with Crippen LogP contribution in [0.5, 0.6) is 5.75 Å². The second-order valence-corrected chi connectivity index (χ2v) is 5.72. The van der Waals surface area contributed by atoms with Crippen molar-refractivity contribution in [2.75, 3.05) is 0 Å². The van der Waals surface area contributed by atoms with Crippen molar-refractivity contribution in [3.63, 3.8) is 0 Å². The predicted octanol–water partition coefficient (Wildman–Crippen LogP) is 2.83. The van der Waals surface area contributed by atoms with E-state index in [1.165, 1.54) is 12.1 Å². The molecule has 0 aromatic heterocycles. The Bertz CT molecular complexity index is 805. The normalized spacial score (nSPS) is 12.8. The number of carbonyl (C=O) groups excluding carboxylic acids is 1. The Balaban J connectivity index is 0.000000471. The van der Waals surface area contributed by atoms with Crippen LogP contribution >= 0.6 is 0 Å². The summed E-state index contributed by atoms with van der Waals surface area (Å²) in [4.78, 5) is 23.6. The highest BCUT2D eigenvalue weighted by Crippen LogP contribution is 2.38. The Labute approximate surface area is 140 Å². The Morgan fingerprint density at radius 3 is 2.17 bits per heavy atom. The minimum atomic E-state index is -1.26. The molecule has 1 aliphatic carbocycles. The summed E-state index contributed by atoms with van der Waals surface area (Å²) in [7, 11) is 0. The standard InChI is InChI=1S/C16H10O4.C3H9N/c17-10-6-7-11-12(8-10)15(18)14(16(19)20)13(11)9-4-2-1-3-5-9;1-3(2)4/h1-8,17H,(H,19,20);3H,4H2,1-2H3. The Morgan fingerprint density at radius 2 is 1.62 bits per heavy atom. The molecule has 2 aromatic carbocycles. The van der Waals surface area contributed by atoms with E-state index >= 15 is 0 Å². The van der Waals surface area contributed by atoms with E-state index < -0.39 is 11.8 Å². The summed E-state index contributed by atoms with van der Waals surface area (Å²) in [6, 6.07) is 13.5. The van der Waals surface area contributed by atoms with Gasteiger partial charge in [0.25, 0.3) is 0 Å². The van der Waals surface area contributed by atoms with Crippen molar-refractivity contribution < 1.29 is 19.8 Å². The van der Waals surface area contributed by atoms with E-state index in [1.807, 2.05) is 19.9 Å². The van der Waals surface area contributed by atoms with Gasteiger partial charge >= 0.3 is 5.97 Å². The van der Waals surface area contributed by atoms with Gasteiger partial charge in [0, 0.05) is 11.1 Å². The van der Waals surface area contributed by atoms with Crippen LogP contribution in [0.15, 0.2) is 54.1 Å². The van der Waals surface area contributed by atoms with E-state index in [1.54, 1.807) is 30.3 Å². The van der Waals surface area contributed by atoms with Gasteiger partial charge in [0.15, 0.2) is 0 Å². The molecule has 0 heterocycles. The smallest absolute Gasteiger partial charge is 0.340 e. The van der Waals surface area contributed by atoms with E-state index in [-0.39, 0.29) is 16.9 Å². The number of nitrogens with two attached hydrogens (primary N) is 1. The zero-order chi connectivity index (χ0) is 17.9. The van der Waals surface area contributed by atoms with E-state index in [9.17, 15) is 19.8 Å². The molecule has 0 amide bonds. The maximum atomic E-state index is 12.2. The van der Waals surface area contributed by atoms with Crippen LogP contribution in [0.4, 0.5) is 0 Å². The number of benzene rings is 2. The van der Waals surface area contributed by atoms with Gasteiger partial charge in [0.1, 0.15) is 11.3 Å². The Hall–Kier alpha value is -2.92. The van der Waals surface area contributed by atoms with Crippen LogP contribution < -0.4 is 5.73 Å². The van der Waals surface area contributed by atoms with Gasteiger partial charge < -0.3 is 15.9 Å². The van der Waals surface area contributed by atoms with E-state index in [2.05, 4.69) is 0 Å².